The minimum Gasteiger partial charge on any atom is -0.466 e. The summed E-state index contributed by atoms with van der Waals surface area (Å²) in [5.74, 6) is 0.910. The second-order valence-electron chi connectivity index (χ2n) is 18.3. The molecule has 0 aliphatic rings. The third-order valence-corrected chi connectivity index (χ3v) is 12.1. The summed E-state index contributed by atoms with van der Waals surface area (Å²) in [6.07, 6.45) is 66.5. The number of hydrogen-bond donors (Lipinski definition) is 0. The Hall–Kier alpha value is -0.790. The standard InChI is InChI=1S/C53H104O2/c1-4-5-6-7-8-9-10-31-35-38-41-44-47-50-53(54)55-51-48-45-42-39-36-33-30-28-26-24-22-20-18-16-14-12-11-13-15-17-19-21-23-25-27-29-32-34-37-40-43-46-49-52(2)3/h9-10,52H,4-8,11-51H2,1-3H3/b10-9-. The first-order chi connectivity index (χ1) is 27.2. The number of esters is 1. The molecule has 0 spiro atoms. The van der Waals surface area contributed by atoms with E-state index in [1.807, 2.05) is 0 Å². The molecular formula is C53H104O2. The van der Waals surface area contributed by atoms with Gasteiger partial charge in [0.15, 0.2) is 0 Å². The number of ether oxygens (including phenoxy) is 1. The summed E-state index contributed by atoms with van der Waals surface area (Å²) in [7, 11) is 0. The van der Waals surface area contributed by atoms with E-state index >= 15 is 0 Å². The van der Waals surface area contributed by atoms with Crippen LogP contribution >= 0.6 is 0 Å². The van der Waals surface area contributed by atoms with Gasteiger partial charge in [0.05, 0.1) is 6.61 Å². The van der Waals surface area contributed by atoms with Gasteiger partial charge in [-0.2, -0.15) is 0 Å². The van der Waals surface area contributed by atoms with Gasteiger partial charge in [-0.15, -0.1) is 0 Å². The molecule has 0 saturated heterocycles. The van der Waals surface area contributed by atoms with Gasteiger partial charge in [0.1, 0.15) is 0 Å². The summed E-state index contributed by atoms with van der Waals surface area (Å²) in [5.41, 5.74) is 0. The maximum Gasteiger partial charge on any atom is 0.305 e. The molecule has 2 heteroatoms. The lowest BCUT2D eigenvalue weighted by atomic mass is 10.0. The van der Waals surface area contributed by atoms with Crippen LogP contribution in [-0.2, 0) is 9.53 Å². The second kappa shape index (κ2) is 49.4. The Morgan fingerprint density at radius 2 is 0.636 bits per heavy atom. The highest BCUT2D eigenvalue weighted by atomic mass is 16.5. The first-order valence-electron chi connectivity index (χ1n) is 26.0. The first-order valence-corrected chi connectivity index (χ1v) is 26.0. The number of carbonyl (C=O) groups is 1. The van der Waals surface area contributed by atoms with Crippen LogP contribution in [-0.4, -0.2) is 12.6 Å². The van der Waals surface area contributed by atoms with Crippen molar-refractivity contribution in [3.05, 3.63) is 12.2 Å². The molecule has 55 heavy (non-hydrogen) atoms. The van der Waals surface area contributed by atoms with Crippen molar-refractivity contribution in [3.8, 4) is 0 Å². The van der Waals surface area contributed by atoms with Gasteiger partial charge >= 0.3 is 5.97 Å². The molecule has 0 aromatic carbocycles. The van der Waals surface area contributed by atoms with E-state index < -0.39 is 0 Å². The van der Waals surface area contributed by atoms with E-state index in [-0.39, 0.29) is 5.97 Å². The summed E-state index contributed by atoms with van der Waals surface area (Å²) in [4.78, 5) is 12.0. The third-order valence-electron chi connectivity index (χ3n) is 12.1. The zero-order chi connectivity index (χ0) is 39.8. The Bertz CT molecular complexity index is 726. The average molecular weight is 773 g/mol. The predicted molar refractivity (Wildman–Crippen MR) is 248 cm³/mol. The highest BCUT2D eigenvalue weighted by molar-refractivity contribution is 5.69. The van der Waals surface area contributed by atoms with Crippen LogP contribution in [0, 0.1) is 5.92 Å². The number of rotatable bonds is 48. The molecule has 0 unspecified atom stereocenters. The second-order valence-corrected chi connectivity index (χ2v) is 18.3. The van der Waals surface area contributed by atoms with E-state index in [1.165, 1.54) is 263 Å². The van der Waals surface area contributed by atoms with Crippen LogP contribution in [0.15, 0.2) is 12.2 Å². The van der Waals surface area contributed by atoms with Crippen molar-refractivity contribution < 1.29 is 9.53 Å². The van der Waals surface area contributed by atoms with Crippen molar-refractivity contribution in [2.75, 3.05) is 6.61 Å². The molecular weight excluding hydrogens is 669 g/mol. The Balaban J connectivity index is 3.14. The molecule has 0 rings (SSSR count). The molecule has 0 bridgehead atoms. The van der Waals surface area contributed by atoms with Crippen LogP contribution in [0.2, 0.25) is 0 Å². The lowest BCUT2D eigenvalue weighted by molar-refractivity contribution is -0.143. The monoisotopic (exact) mass is 773 g/mol. The van der Waals surface area contributed by atoms with Crippen LogP contribution < -0.4 is 0 Å². The van der Waals surface area contributed by atoms with Crippen LogP contribution in [0.1, 0.15) is 310 Å². The largest absolute Gasteiger partial charge is 0.466 e. The normalized spacial score (nSPS) is 11.8. The van der Waals surface area contributed by atoms with E-state index in [9.17, 15) is 4.79 Å². The summed E-state index contributed by atoms with van der Waals surface area (Å²) < 4.78 is 5.47. The molecule has 0 aliphatic heterocycles. The number of allylic oxidation sites excluding steroid dienone is 2. The molecule has 2 nitrogen and oxygen atoms in total. The van der Waals surface area contributed by atoms with Crippen LogP contribution in [0.4, 0.5) is 0 Å². The zero-order valence-electron chi connectivity index (χ0n) is 38.6. The summed E-state index contributed by atoms with van der Waals surface area (Å²) in [6.45, 7) is 7.60. The Kier molecular flexibility index (Phi) is 48.6. The summed E-state index contributed by atoms with van der Waals surface area (Å²) >= 11 is 0. The lowest BCUT2D eigenvalue weighted by Crippen LogP contribution is -2.05. The molecule has 0 N–H and O–H groups in total. The molecule has 0 heterocycles. The third kappa shape index (κ3) is 51.2. The number of unbranched alkanes of at least 4 members (excludes halogenated alkanes) is 40. The van der Waals surface area contributed by atoms with Crippen LogP contribution in [0.5, 0.6) is 0 Å². The van der Waals surface area contributed by atoms with Crippen molar-refractivity contribution >= 4 is 5.97 Å². The van der Waals surface area contributed by atoms with Gasteiger partial charge in [0.2, 0.25) is 0 Å². The molecule has 0 atom stereocenters. The average Bonchev–Trinajstić information content (AvgIpc) is 3.18. The van der Waals surface area contributed by atoms with Crippen molar-refractivity contribution in [1.82, 2.24) is 0 Å². The first kappa shape index (κ1) is 54.2. The van der Waals surface area contributed by atoms with Crippen LogP contribution in [0.25, 0.3) is 0 Å². The van der Waals surface area contributed by atoms with Crippen molar-refractivity contribution in [2.45, 2.75) is 310 Å². The van der Waals surface area contributed by atoms with Gasteiger partial charge in [-0.05, 0) is 44.4 Å². The van der Waals surface area contributed by atoms with Crippen LogP contribution in [0.3, 0.4) is 0 Å². The molecule has 0 aliphatic carbocycles. The van der Waals surface area contributed by atoms with Gasteiger partial charge in [-0.3, -0.25) is 4.79 Å². The smallest absolute Gasteiger partial charge is 0.305 e. The van der Waals surface area contributed by atoms with E-state index in [4.69, 9.17) is 4.74 Å². The highest BCUT2D eigenvalue weighted by Gasteiger charge is 2.03. The minimum absolute atomic E-state index is 0.0203. The lowest BCUT2D eigenvalue weighted by Gasteiger charge is -2.06. The van der Waals surface area contributed by atoms with Crippen molar-refractivity contribution in [1.29, 1.82) is 0 Å². The molecule has 0 saturated carbocycles. The van der Waals surface area contributed by atoms with Gasteiger partial charge < -0.3 is 4.74 Å². The fourth-order valence-electron chi connectivity index (χ4n) is 8.20. The molecule has 0 aromatic heterocycles. The zero-order valence-corrected chi connectivity index (χ0v) is 38.6. The number of hydrogen-bond acceptors (Lipinski definition) is 2. The SMILES string of the molecule is CCCCCC/C=C\CCCCCCCC(=O)OCCCCCCCCCCCCCCCCCCCCCCCCCCCCCCCCCCC(C)C. The maximum absolute atomic E-state index is 12.0. The van der Waals surface area contributed by atoms with E-state index in [0.29, 0.717) is 13.0 Å². The topological polar surface area (TPSA) is 26.3 Å². The van der Waals surface area contributed by atoms with Crippen molar-refractivity contribution in [2.24, 2.45) is 5.92 Å². The summed E-state index contributed by atoms with van der Waals surface area (Å²) in [6, 6.07) is 0. The van der Waals surface area contributed by atoms with E-state index in [0.717, 1.165) is 25.2 Å². The maximum atomic E-state index is 12.0. The molecule has 0 amide bonds. The Labute approximate surface area is 348 Å². The predicted octanol–water partition coefficient (Wildman–Crippen LogP) is 19.3. The van der Waals surface area contributed by atoms with E-state index in [2.05, 4.69) is 32.9 Å². The Morgan fingerprint density at radius 1 is 0.364 bits per heavy atom. The van der Waals surface area contributed by atoms with Gasteiger partial charge in [0, 0.05) is 6.42 Å². The fraction of sp³-hybridized carbons (Fsp3) is 0.943. The Morgan fingerprint density at radius 3 is 0.964 bits per heavy atom. The van der Waals surface area contributed by atoms with Gasteiger partial charge in [-0.25, -0.2) is 0 Å². The van der Waals surface area contributed by atoms with Crippen molar-refractivity contribution in [3.63, 3.8) is 0 Å². The fourth-order valence-corrected chi connectivity index (χ4v) is 8.20. The number of carbonyl (C=O) groups excluding carboxylic acids is 1. The molecule has 0 aromatic rings. The van der Waals surface area contributed by atoms with Gasteiger partial charge in [-0.1, -0.05) is 277 Å². The highest BCUT2D eigenvalue weighted by Crippen LogP contribution is 2.18. The molecule has 328 valence electrons. The molecule has 0 fully saturated rings. The molecule has 0 radical (unpaired) electrons. The quantitative estimate of drug-likeness (QED) is 0.0350. The van der Waals surface area contributed by atoms with Gasteiger partial charge in [0.25, 0.3) is 0 Å². The van der Waals surface area contributed by atoms with E-state index in [1.54, 1.807) is 0 Å². The summed E-state index contributed by atoms with van der Waals surface area (Å²) in [5, 5.41) is 0. The minimum atomic E-state index is 0.0203.